The molecule has 4 aliphatic rings. The molecule has 0 saturated heterocycles. The second kappa shape index (κ2) is 4.52. The van der Waals surface area contributed by atoms with Gasteiger partial charge in [0.2, 0.25) is 0 Å². The monoisotopic (exact) mass is 237 g/mol. The fourth-order valence-electron chi connectivity index (χ4n) is 5.25. The molecule has 0 radical (unpaired) electrons. The Morgan fingerprint density at radius 2 is 1.59 bits per heavy atom. The van der Waals surface area contributed by atoms with Crippen LogP contribution >= 0.6 is 0 Å². The summed E-state index contributed by atoms with van der Waals surface area (Å²) in [5, 5.41) is 2.09. The van der Waals surface area contributed by atoms with Crippen molar-refractivity contribution in [3.8, 4) is 0 Å². The highest BCUT2D eigenvalue weighted by Gasteiger charge is 2.50. The molecule has 0 aromatic rings. The molecule has 4 saturated carbocycles. The lowest BCUT2D eigenvalue weighted by atomic mass is 9.50. The first-order valence-corrected chi connectivity index (χ1v) is 7.31. The summed E-state index contributed by atoms with van der Waals surface area (Å²) in [7, 11) is 4.16. The Morgan fingerprint density at radius 3 is 2.00 bits per heavy atom. The van der Waals surface area contributed by atoms with Gasteiger partial charge in [-0.05, 0) is 61.7 Å². The van der Waals surface area contributed by atoms with Gasteiger partial charge in [0.25, 0.3) is 0 Å². The van der Waals surface area contributed by atoms with Crippen LogP contribution in [-0.4, -0.2) is 31.7 Å². The van der Waals surface area contributed by atoms with Crippen molar-refractivity contribution in [2.24, 2.45) is 35.3 Å². The molecular weight excluding hydrogens is 210 g/mol. The minimum absolute atomic E-state index is 0.500. The van der Waals surface area contributed by atoms with Gasteiger partial charge in [0.15, 0.2) is 0 Å². The Labute approximate surface area is 105 Å². The van der Waals surface area contributed by atoms with Gasteiger partial charge in [-0.1, -0.05) is 0 Å². The van der Waals surface area contributed by atoms with Crippen molar-refractivity contribution in [1.82, 2.24) is 10.4 Å². The first-order chi connectivity index (χ1) is 8.17. The van der Waals surface area contributed by atoms with Gasteiger partial charge in [0.1, 0.15) is 0 Å². The van der Waals surface area contributed by atoms with Crippen LogP contribution in [0.2, 0.25) is 0 Å². The quantitative estimate of drug-likeness (QED) is 0.727. The zero-order valence-corrected chi connectivity index (χ0v) is 11.2. The van der Waals surface area contributed by atoms with Crippen molar-refractivity contribution >= 4 is 0 Å². The van der Waals surface area contributed by atoms with Gasteiger partial charge in [-0.15, -0.1) is 0 Å². The molecule has 4 fully saturated rings. The van der Waals surface area contributed by atoms with Crippen LogP contribution in [0.1, 0.15) is 32.1 Å². The van der Waals surface area contributed by atoms with Crippen LogP contribution in [0.4, 0.5) is 0 Å². The van der Waals surface area contributed by atoms with Crippen molar-refractivity contribution in [2.75, 3.05) is 20.6 Å². The summed E-state index contributed by atoms with van der Waals surface area (Å²) in [6.45, 7) is 0.783. The molecule has 4 aliphatic carbocycles. The van der Waals surface area contributed by atoms with Crippen LogP contribution < -0.4 is 11.2 Å². The number of hydrazine groups is 1. The van der Waals surface area contributed by atoms with E-state index in [1.807, 2.05) is 0 Å². The Balaban J connectivity index is 1.74. The lowest BCUT2D eigenvalue weighted by Crippen LogP contribution is -2.57. The van der Waals surface area contributed by atoms with E-state index in [0.717, 1.165) is 36.1 Å². The largest absolute Gasteiger partial charge is 0.329 e. The Morgan fingerprint density at radius 1 is 1.06 bits per heavy atom. The molecule has 0 aromatic heterocycles. The van der Waals surface area contributed by atoms with Crippen molar-refractivity contribution < 1.29 is 0 Å². The maximum Gasteiger partial charge on any atom is 0.0371 e. The highest BCUT2D eigenvalue weighted by Crippen LogP contribution is 2.57. The lowest BCUT2D eigenvalue weighted by Gasteiger charge is -2.56. The van der Waals surface area contributed by atoms with E-state index in [-0.39, 0.29) is 0 Å². The summed E-state index contributed by atoms with van der Waals surface area (Å²) < 4.78 is 0. The average molecular weight is 237 g/mol. The number of hydrogen-bond acceptors (Lipinski definition) is 3. The normalized spacial score (nSPS) is 45.5. The van der Waals surface area contributed by atoms with E-state index < -0.39 is 0 Å². The molecule has 0 spiro atoms. The van der Waals surface area contributed by atoms with E-state index in [1.165, 1.54) is 32.1 Å². The lowest BCUT2D eigenvalue weighted by molar-refractivity contribution is -0.0584. The van der Waals surface area contributed by atoms with Crippen molar-refractivity contribution in [3.05, 3.63) is 0 Å². The molecule has 4 rings (SSSR count). The third kappa shape index (κ3) is 2.13. The van der Waals surface area contributed by atoms with E-state index in [1.54, 1.807) is 0 Å². The second-order valence-electron chi connectivity index (χ2n) is 6.87. The Bertz CT molecular complexity index is 249. The fraction of sp³-hybridized carbons (Fsp3) is 1.00. The molecule has 3 N–H and O–H groups in total. The van der Waals surface area contributed by atoms with Crippen molar-refractivity contribution in [2.45, 2.75) is 38.1 Å². The number of nitrogens with two attached hydrogens (primary N) is 1. The zero-order chi connectivity index (χ0) is 12.0. The predicted molar refractivity (Wildman–Crippen MR) is 70.2 cm³/mol. The first-order valence-electron chi connectivity index (χ1n) is 7.31. The number of rotatable bonds is 4. The summed E-state index contributed by atoms with van der Waals surface area (Å²) in [5.74, 6) is 4.90. The second-order valence-corrected chi connectivity index (χ2v) is 6.87. The fourth-order valence-corrected chi connectivity index (χ4v) is 5.25. The van der Waals surface area contributed by atoms with Gasteiger partial charge in [0.05, 0.1) is 0 Å². The summed E-state index contributed by atoms with van der Waals surface area (Å²) in [5.41, 5.74) is 9.58. The molecule has 3 nitrogen and oxygen atoms in total. The summed E-state index contributed by atoms with van der Waals surface area (Å²) in [4.78, 5) is 0. The van der Waals surface area contributed by atoms with Gasteiger partial charge in [-0.2, -0.15) is 0 Å². The Kier molecular flexibility index (Phi) is 3.18. The predicted octanol–water partition coefficient (Wildman–Crippen LogP) is 1.45. The minimum atomic E-state index is 0.500. The third-order valence-corrected chi connectivity index (χ3v) is 5.44. The van der Waals surface area contributed by atoms with Crippen molar-refractivity contribution in [1.29, 1.82) is 0 Å². The van der Waals surface area contributed by atoms with Crippen LogP contribution in [0.25, 0.3) is 0 Å². The molecule has 17 heavy (non-hydrogen) atoms. The molecule has 3 heteroatoms. The summed E-state index contributed by atoms with van der Waals surface area (Å²) in [6, 6.07) is 0.500. The molecule has 1 unspecified atom stereocenters. The molecular formula is C14H27N3. The van der Waals surface area contributed by atoms with Crippen LogP contribution in [0.5, 0.6) is 0 Å². The highest BCUT2D eigenvalue weighted by atomic mass is 15.5. The Hall–Kier alpha value is -0.120. The van der Waals surface area contributed by atoms with Crippen LogP contribution in [-0.2, 0) is 0 Å². The SMILES string of the molecule is CN(C)NC(CN)C1C2CC3CC(C2)CC1C3. The molecule has 0 heterocycles. The van der Waals surface area contributed by atoms with Gasteiger partial charge in [-0.3, -0.25) is 10.4 Å². The molecule has 0 aromatic carbocycles. The van der Waals surface area contributed by atoms with Crippen LogP contribution in [0.3, 0.4) is 0 Å². The molecule has 0 amide bonds. The third-order valence-electron chi connectivity index (χ3n) is 5.44. The van der Waals surface area contributed by atoms with Gasteiger partial charge in [-0.25, -0.2) is 0 Å². The molecule has 98 valence electrons. The number of hydrogen-bond donors (Lipinski definition) is 2. The van der Waals surface area contributed by atoms with E-state index in [9.17, 15) is 0 Å². The van der Waals surface area contributed by atoms with Crippen molar-refractivity contribution in [3.63, 3.8) is 0 Å². The number of nitrogens with one attached hydrogen (secondary N) is 1. The molecule has 4 bridgehead atoms. The molecule has 0 aliphatic heterocycles. The number of nitrogens with zero attached hydrogens (tertiary/aromatic N) is 1. The van der Waals surface area contributed by atoms with Crippen LogP contribution in [0, 0.1) is 29.6 Å². The maximum absolute atomic E-state index is 6.01. The first kappa shape index (κ1) is 11.9. The van der Waals surface area contributed by atoms with E-state index in [2.05, 4.69) is 24.5 Å². The van der Waals surface area contributed by atoms with Crippen LogP contribution in [0.15, 0.2) is 0 Å². The highest BCUT2D eigenvalue weighted by molar-refractivity contribution is 5.01. The molecule has 1 atom stereocenters. The van der Waals surface area contributed by atoms with Gasteiger partial charge >= 0.3 is 0 Å². The van der Waals surface area contributed by atoms with Gasteiger partial charge in [0, 0.05) is 26.7 Å². The smallest absolute Gasteiger partial charge is 0.0371 e. The topological polar surface area (TPSA) is 41.3 Å². The minimum Gasteiger partial charge on any atom is -0.329 e. The standard InChI is InChI=1S/C14H27N3/c1-17(2)16-13(8-15)14-11-4-9-3-10(6-11)7-12(14)5-9/h9-14,16H,3-8,15H2,1-2H3. The van der Waals surface area contributed by atoms with E-state index >= 15 is 0 Å². The zero-order valence-electron chi connectivity index (χ0n) is 11.2. The summed E-state index contributed by atoms with van der Waals surface area (Å²) in [6.07, 6.45) is 7.49. The summed E-state index contributed by atoms with van der Waals surface area (Å²) >= 11 is 0. The van der Waals surface area contributed by atoms with E-state index in [0.29, 0.717) is 6.04 Å². The van der Waals surface area contributed by atoms with E-state index in [4.69, 9.17) is 5.73 Å². The van der Waals surface area contributed by atoms with Gasteiger partial charge < -0.3 is 5.73 Å². The maximum atomic E-state index is 6.01. The average Bonchev–Trinajstić information content (AvgIpc) is 2.25.